The number of benzene rings is 1. The van der Waals surface area contributed by atoms with Gasteiger partial charge in [0.15, 0.2) is 0 Å². The summed E-state index contributed by atoms with van der Waals surface area (Å²) in [5, 5.41) is 2.88. The molecule has 24 heavy (non-hydrogen) atoms. The van der Waals surface area contributed by atoms with Crippen molar-refractivity contribution < 1.29 is 4.79 Å². The second kappa shape index (κ2) is 14.1. The molecule has 134 valence electrons. The predicted octanol–water partition coefficient (Wildman–Crippen LogP) is 6.95. The number of anilines is 1. The van der Waals surface area contributed by atoms with Gasteiger partial charge < -0.3 is 5.32 Å². The van der Waals surface area contributed by atoms with Crippen molar-refractivity contribution in [3.63, 3.8) is 0 Å². The van der Waals surface area contributed by atoms with Crippen LogP contribution in [0.2, 0.25) is 0 Å². The Kier molecular flexibility index (Phi) is 12.2. The van der Waals surface area contributed by atoms with E-state index < -0.39 is 5.24 Å². The third-order valence-corrected chi connectivity index (χ3v) is 4.35. The highest BCUT2D eigenvalue weighted by Crippen LogP contribution is 2.17. The molecule has 1 rings (SSSR count). The van der Waals surface area contributed by atoms with Gasteiger partial charge in [0.25, 0.3) is 5.24 Å². The maximum absolute atomic E-state index is 11.3. The molecule has 0 aliphatic rings. The molecule has 0 spiro atoms. The molecule has 0 aliphatic carbocycles. The molecule has 0 aromatic heterocycles. The van der Waals surface area contributed by atoms with Crippen LogP contribution in [0.3, 0.4) is 0 Å². The third-order valence-electron chi connectivity index (χ3n) is 4.14. The highest BCUT2D eigenvalue weighted by atomic mass is 35.5. The Morgan fingerprint density at radius 2 is 1.58 bits per heavy atom. The zero-order valence-electron chi connectivity index (χ0n) is 15.0. The molecule has 0 radical (unpaired) electrons. The van der Waals surface area contributed by atoms with Gasteiger partial charge in [0.2, 0.25) is 0 Å². The van der Waals surface area contributed by atoms with Crippen LogP contribution >= 0.6 is 11.6 Å². The summed E-state index contributed by atoms with van der Waals surface area (Å²) in [4.78, 5) is 11.3. The Hall–Kier alpha value is -1.28. The van der Waals surface area contributed by atoms with Crippen LogP contribution in [0.1, 0.15) is 81.5 Å². The van der Waals surface area contributed by atoms with Gasteiger partial charge in [-0.3, -0.25) is 4.79 Å². The Labute approximate surface area is 152 Å². The minimum atomic E-state index is -0.410. The molecule has 0 heterocycles. The number of hydrogen-bond acceptors (Lipinski definition) is 2. The SMILES string of the molecule is CCCCCCCCC/C=C/CCCNc1ccccc1C(=O)Cl. The van der Waals surface area contributed by atoms with Crippen LogP contribution in [0.4, 0.5) is 5.69 Å². The Morgan fingerprint density at radius 3 is 2.29 bits per heavy atom. The maximum atomic E-state index is 11.3. The molecular weight excluding hydrogens is 318 g/mol. The highest BCUT2D eigenvalue weighted by Gasteiger charge is 2.06. The summed E-state index contributed by atoms with van der Waals surface area (Å²) in [6.07, 6.45) is 17.5. The van der Waals surface area contributed by atoms with Gasteiger partial charge in [0, 0.05) is 12.2 Å². The maximum Gasteiger partial charge on any atom is 0.254 e. The van der Waals surface area contributed by atoms with Crippen molar-refractivity contribution in [1.29, 1.82) is 0 Å². The van der Waals surface area contributed by atoms with Crippen LogP contribution < -0.4 is 5.32 Å². The van der Waals surface area contributed by atoms with Gasteiger partial charge in [-0.25, -0.2) is 0 Å². The zero-order valence-corrected chi connectivity index (χ0v) is 15.8. The van der Waals surface area contributed by atoms with Crippen molar-refractivity contribution in [3.8, 4) is 0 Å². The average molecular weight is 350 g/mol. The molecule has 0 unspecified atom stereocenters. The van der Waals surface area contributed by atoms with E-state index in [2.05, 4.69) is 24.4 Å². The first kappa shape index (κ1) is 20.8. The number of halogens is 1. The molecule has 0 atom stereocenters. The minimum absolute atomic E-state index is 0.410. The van der Waals surface area contributed by atoms with E-state index in [0.717, 1.165) is 25.1 Å². The molecule has 1 N–H and O–H groups in total. The lowest BCUT2D eigenvalue weighted by Gasteiger charge is -2.08. The first-order valence-electron chi connectivity index (χ1n) is 9.43. The van der Waals surface area contributed by atoms with Crippen molar-refractivity contribution in [2.45, 2.75) is 71.1 Å². The molecule has 0 saturated carbocycles. The molecule has 0 fully saturated rings. The van der Waals surface area contributed by atoms with Crippen molar-refractivity contribution in [3.05, 3.63) is 42.0 Å². The van der Waals surface area contributed by atoms with E-state index in [9.17, 15) is 4.79 Å². The number of rotatable bonds is 14. The molecule has 0 bridgehead atoms. The van der Waals surface area contributed by atoms with E-state index in [0.29, 0.717) is 5.56 Å². The fourth-order valence-corrected chi connectivity index (χ4v) is 2.87. The van der Waals surface area contributed by atoms with Gasteiger partial charge >= 0.3 is 0 Å². The number of para-hydroxylation sites is 1. The van der Waals surface area contributed by atoms with Gasteiger partial charge in [-0.2, -0.15) is 0 Å². The fourth-order valence-electron chi connectivity index (χ4n) is 2.71. The lowest BCUT2D eigenvalue weighted by atomic mass is 10.1. The normalized spacial score (nSPS) is 11.1. The Morgan fingerprint density at radius 1 is 0.958 bits per heavy atom. The van der Waals surface area contributed by atoms with Crippen LogP contribution in [-0.4, -0.2) is 11.8 Å². The number of carbonyl (C=O) groups excluding carboxylic acids is 1. The van der Waals surface area contributed by atoms with Crippen molar-refractivity contribution in [1.82, 2.24) is 0 Å². The lowest BCUT2D eigenvalue weighted by molar-refractivity contribution is 0.108. The monoisotopic (exact) mass is 349 g/mol. The van der Waals surface area contributed by atoms with E-state index >= 15 is 0 Å². The van der Waals surface area contributed by atoms with Gasteiger partial charge in [-0.15, -0.1) is 0 Å². The van der Waals surface area contributed by atoms with Crippen molar-refractivity contribution >= 4 is 22.5 Å². The summed E-state index contributed by atoms with van der Waals surface area (Å²) in [6, 6.07) is 7.38. The van der Waals surface area contributed by atoms with Gasteiger partial charge in [0.1, 0.15) is 0 Å². The number of nitrogens with one attached hydrogen (secondary N) is 1. The summed E-state index contributed by atoms with van der Waals surface area (Å²) in [6.45, 7) is 3.11. The summed E-state index contributed by atoms with van der Waals surface area (Å²) in [7, 11) is 0. The van der Waals surface area contributed by atoms with Crippen LogP contribution in [0.15, 0.2) is 36.4 Å². The molecule has 0 saturated heterocycles. The lowest BCUT2D eigenvalue weighted by Crippen LogP contribution is -2.05. The van der Waals surface area contributed by atoms with Crippen LogP contribution in [0.5, 0.6) is 0 Å². The summed E-state index contributed by atoms with van der Waals surface area (Å²) >= 11 is 5.58. The molecule has 3 heteroatoms. The largest absolute Gasteiger partial charge is 0.384 e. The number of unbranched alkanes of at least 4 members (excludes halogenated alkanes) is 8. The molecule has 2 nitrogen and oxygen atoms in total. The topological polar surface area (TPSA) is 29.1 Å². The highest BCUT2D eigenvalue weighted by molar-refractivity contribution is 6.68. The van der Waals surface area contributed by atoms with Crippen LogP contribution in [0, 0.1) is 0 Å². The van der Waals surface area contributed by atoms with Crippen molar-refractivity contribution in [2.75, 3.05) is 11.9 Å². The van der Waals surface area contributed by atoms with E-state index in [1.54, 1.807) is 6.07 Å². The minimum Gasteiger partial charge on any atom is -0.384 e. The first-order valence-corrected chi connectivity index (χ1v) is 9.81. The third kappa shape index (κ3) is 9.77. The fraction of sp³-hybridized carbons (Fsp3) is 0.571. The van der Waals surface area contributed by atoms with E-state index in [4.69, 9.17) is 11.6 Å². The Balaban J connectivity index is 2.01. The number of carbonyl (C=O) groups is 1. The molecular formula is C21H32ClNO. The second-order valence-corrected chi connectivity index (χ2v) is 6.61. The molecule has 0 amide bonds. The van der Waals surface area contributed by atoms with Gasteiger partial charge in [-0.05, 0) is 49.4 Å². The predicted molar refractivity (Wildman–Crippen MR) is 106 cm³/mol. The summed E-state index contributed by atoms with van der Waals surface area (Å²) in [5.74, 6) is 0. The molecule has 0 aliphatic heterocycles. The van der Waals surface area contributed by atoms with E-state index in [1.807, 2.05) is 18.2 Å². The second-order valence-electron chi connectivity index (χ2n) is 6.27. The van der Waals surface area contributed by atoms with E-state index in [-0.39, 0.29) is 0 Å². The zero-order chi connectivity index (χ0) is 17.5. The quantitative estimate of drug-likeness (QED) is 0.223. The summed E-state index contributed by atoms with van der Waals surface area (Å²) < 4.78 is 0. The van der Waals surface area contributed by atoms with Crippen LogP contribution in [-0.2, 0) is 0 Å². The summed E-state index contributed by atoms with van der Waals surface area (Å²) in [5.41, 5.74) is 1.37. The molecule has 1 aromatic rings. The van der Waals surface area contributed by atoms with Gasteiger partial charge in [0.05, 0.1) is 5.56 Å². The van der Waals surface area contributed by atoms with E-state index in [1.165, 1.54) is 51.4 Å². The standard InChI is InChI=1S/C21H32ClNO/c1-2-3-4-5-6-7-8-9-10-11-12-15-18-23-20-17-14-13-16-19(20)21(22)24/h10-11,13-14,16-17,23H,2-9,12,15,18H2,1H3/b11-10+. The van der Waals surface area contributed by atoms with Gasteiger partial charge in [-0.1, -0.05) is 69.7 Å². The number of hydrogen-bond donors (Lipinski definition) is 1. The van der Waals surface area contributed by atoms with Crippen molar-refractivity contribution in [2.24, 2.45) is 0 Å². The Bertz CT molecular complexity index is 484. The first-order chi connectivity index (χ1) is 11.8. The smallest absolute Gasteiger partial charge is 0.254 e. The molecule has 1 aromatic carbocycles. The number of allylic oxidation sites excluding steroid dienone is 2. The average Bonchev–Trinajstić information content (AvgIpc) is 2.59. The van der Waals surface area contributed by atoms with Crippen LogP contribution in [0.25, 0.3) is 0 Å².